The summed E-state index contributed by atoms with van der Waals surface area (Å²) in [7, 11) is 1.95. The first kappa shape index (κ1) is 13.7. The van der Waals surface area contributed by atoms with Crippen molar-refractivity contribution in [3.63, 3.8) is 0 Å². The number of hydrogen-bond donors (Lipinski definition) is 1. The van der Waals surface area contributed by atoms with Crippen LogP contribution in [0.15, 0.2) is 24.3 Å². The molecule has 1 heterocycles. The molecule has 20 heavy (non-hydrogen) atoms. The maximum Gasteiger partial charge on any atom is 0.0860 e. The molecule has 4 heteroatoms. The van der Waals surface area contributed by atoms with Gasteiger partial charge in [-0.25, -0.2) is 0 Å². The van der Waals surface area contributed by atoms with E-state index in [1.165, 1.54) is 17.5 Å². The summed E-state index contributed by atoms with van der Waals surface area (Å²) in [6, 6.07) is 9.26. The number of aryl methyl sites for hydroxylation is 3. The van der Waals surface area contributed by atoms with Crippen molar-refractivity contribution in [1.29, 1.82) is 0 Å². The van der Waals surface area contributed by atoms with E-state index in [0.29, 0.717) is 6.04 Å². The van der Waals surface area contributed by atoms with Crippen LogP contribution in [-0.4, -0.2) is 15.8 Å². The maximum absolute atomic E-state index is 6.29. The number of halogens is 1. The van der Waals surface area contributed by atoms with Gasteiger partial charge in [0.2, 0.25) is 0 Å². The fourth-order valence-corrected chi connectivity index (χ4v) is 3.21. The average molecular weight is 290 g/mol. The van der Waals surface area contributed by atoms with E-state index in [9.17, 15) is 0 Å². The molecule has 1 aliphatic carbocycles. The van der Waals surface area contributed by atoms with Crippen LogP contribution in [0.4, 0.5) is 0 Å². The number of hydrogen-bond acceptors (Lipinski definition) is 2. The lowest BCUT2D eigenvalue weighted by Gasteiger charge is -2.25. The number of fused-ring (bicyclic) bond motifs is 1. The highest BCUT2D eigenvalue weighted by atomic mass is 35.5. The summed E-state index contributed by atoms with van der Waals surface area (Å²) in [4.78, 5) is 0. The van der Waals surface area contributed by atoms with Crippen molar-refractivity contribution >= 4 is 11.6 Å². The Kier molecular flexibility index (Phi) is 3.81. The fourth-order valence-electron chi connectivity index (χ4n) is 2.99. The second-order valence-corrected chi connectivity index (χ2v) is 5.94. The summed E-state index contributed by atoms with van der Waals surface area (Å²) in [6.07, 6.45) is 3.45. The highest BCUT2D eigenvalue weighted by molar-refractivity contribution is 6.31. The zero-order chi connectivity index (χ0) is 14.1. The SMILES string of the molecule is Cc1nn(C)c(CNC2CCc3ccccc3C2)c1Cl. The summed E-state index contributed by atoms with van der Waals surface area (Å²) >= 11 is 6.29. The average Bonchev–Trinajstić information content (AvgIpc) is 2.70. The van der Waals surface area contributed by atoms with Crippen LogP contribution in [0.3, 0.4) is 0 Å². The van der Waals surface area contributed by atoms with E-state index >= 15 is 0 Å². The number of benzene rings is 1. The molecule has 0 saturated carbocycles. The Balaban J connectivity index is 1.66. The second kappa shape index (κ2) is 5.58. The quantitative estimate of drug-likeness (QED) is 0.941. The molecule has 0 fully saturated rings. The summed E-state index contributed by atoms with van der Waals surface area (Å²) in [5.41, 5.74) is 4.95. The third-order valence-electron chi connectivity index (χ3n) is 4.17. The van der Waals surface area contributed by atoms with Gasteiger partial charge in [-0.3, -0.25) is 4.68 Å². The van der Waals surface area contributed by atoms with Crippen LogP contribution in [0.2, 0.25) is 5.02 Å². The molecule has 1 aromatic carbocycles. The molecule has 0 spiro atoms. The van der Waals surface area contributed by atoms with E-state index in [4.69, 9.17) is 11.6 Å². The van der Waals surface area contributed by atoms with Crippen molar-refractivity contribution in [3.8, 4) is 0 Å². The van der Waals surface area contributed by atoms with Crippen LogP contribution >= 0.6 is 11.6 Å². The Bertz CT molecular complexity index is 618. The molecule has 1 atom stereocenters. The molecular weight excluding hydrogens is 270 g/mol. The summed E-state index contributed by atoms with van der Waals surface area (Å²) in [6.45, 7) is 2.73. The Labute approximate surface area is 124 Å². The minimum Gasteiger partial charge on any atom is -0.308 e. The van der Waals surface area contributed by atoms with E-state index in [0.717, 1.165) is 35.8 Å². The van der Waals surface area contributed by atoms with Crippen LogP contribution in [-0.2, 0) is 26.4 Å². The van der Waals surface area contributed by atoms with E-state index < -0.39 is 0 Å². The van der Waals surface area contributed by atoms with Gasteiger partial charge >= 0.3 is 0 Å². The summed E-state index contributed by atoms with van der Waals surface area (Å²) < 4.78 is 1.88. The first-order valence-corrected chi connectivity index (χ1v) is 7.51. The minimum absolute atomic E-state index is 0.524. The van der Waals surface area contributed by atoms with Gasteiger partial charge in [0.05, 0.1) is 16.4 Å². The Morgan fingerprint density at radius 3 is 2.80 bits per heavy atom. The van der Waals surface area contributed by atoms with Crippen LogP contribution in [0, 0.1) is 6.92 Å². The summed E-state index contributed by atoms with van der Waals surface area (Å²) in [5, 5.41) is 8.77. The molecule has 0 saturated heterocycles. The van der Waals surface area contributed by atoms with Gasteiger partial charge in [0.25, 0.3) is 0 Å². The molecule has 0 bridgehead atoms. The molecule has 1 N–H and O–H groups in total. The molecule has 3 rings (SSSR count). The number of rotatable bonds is 3. The monoisotopic (exact) mass is 289 g/mol. The molecule has 0 radical (unpaired) electrons. The van der Waals surface area contributed by atoms with Crippen molar-refractivity contribution in [3.05, 3.63) is 51.8 Å². The lowest BCUT2D eigenvalue weighted by atomic mass is 9.88. The van der Waals surface area contributed by atoms with E-state index in [1.807, 2.05) is 18.7 Å². The van der Waals surface area contributed by atoms with Gasteiger partial charge in [-0.05, 0) is 37.3 Å². The van der Waals surface area contributed by atoms with Crippen LogP contribution < -0.4 is 5.32 Å². The molecule has 1 aliphatic rings. The van der Waals surface area contributed by atoms with E-state index in [-0.39, 0.29) is 0 Å². The minimum atomic E-state index is 0.524. The first-order valence-electron chi connectivity index (χ1n) is 7.13. The van der Waals surface area contributed by atoms with Crippen molar-refractivity contribution < 1.29 is 0 Å². The zero-order valence-corrected chi connectivity index (χ0v) is 12.7. The number of nitrogens with zero attached hydrogens (tertiary/aromatic N) is 2. The Morgan fingerprint density at radius 1 is 1.35 bits per heavy atom. The van der Waals surface area contributed by atoms with Gasteiger partial charge in [-0.1, -0.05) is 35.9 Å². The van der Waals surface area contributed by atoms with Crippen molar-refractivity contribution in [2.45, 2.75) is 38.8 Å². The topological polar surface area (TPSA) is 29.9 Å². The predicted molar refractivity (Wildman–Crippen MR) is 82.0 cm³/mol. The predicted octanol–water partition coefficient (Wildman–Crippen LogP) is 3.03. The second-order valence-electron chi connectivity index (χ2n) is 5.56. The molecule has 3 nitrogen and oxygen atoms in total. The molecule has 1 unspecified atom stereocenters. The molecule has 2 aromatic rings. The Morgan fingerprint density at radius 2 is 2.10 bits per heavy atom. The molecule has 106 valence electrons. The number of aromatic nitrogens is 2. The normalized spacial score (nSPS) is 18.1. The van der Waals surface area contributed by atoms with Crippen molar-refractivity contribution in [2.75, 3.05) is 0 Å². The highest BCUT2D eigenvalue weighted by Crippen LogP contribution is 2.23. The van der Waals surface area contributed by atoms with Gasteiger partial charge in [-0.15, -0.1) is 0 Å². The van der Waals surface area contributed by atoms with E-state index in [2.05, 4.69) is 34.7 Å². The zero-order valence-electron chi connectivity index (χ0n) is 12.0. The lowest BCUT2D eigenvalue weighted by molar-refractivity contribution is 0.449. The van der Waals surface area contributed by atoms with E-state index in [1.54, 1.807) is 0 Å². The third-order valence-corrected chi connectivity index (χ3v) is 4.66. The maximum atomic E-state index is 6.29. The molecule has 0 aliphatic heterocycles. The van der Waals surface area contributed by atoms with Gasteiger partial charge < -0.3 is 5.32 Å². The third kappa shape index (κ3) is 2.60. The van der Waals surface area contributed by atoms with Crippen LogP contribution in [0.5, 0.6) is 0 Å². The smallest absolute Gasteiger partial charge is 0.0860 e. The molecule has 0 amide bonds. The Hall–Kier alpha value is -1.32. The van der Waals surface area contributed by atoms with Crippen molar-refractivity contribution in [1.82, 2.24) is 15.1 Å². The fraction of sp³-hybridized carbons (Fsp3) is 0.438. The summed E-state index contributed by atoms with van der Waals surface area (Å²) in [5.74, 6) is 0. The van der Waals surface area contributed by atoms with Crippen LogP contribution in [0.1, 0.15) is 28.9 Å². The van der Waals surface area contributed by atoms with Gasteiger partial charge in [-0.2, -0.15) is 5.10 Å². The highest BCUT2D eigenvalue weighted by Gasteiger charge is 2.19. The lowest BCUT2D eigenvalue weighted by Crippen LogP contribution is -2.34. The van der Waals surface area contributed by atoms with Gasteiger partial charge in [0, 0.05) is 19.6 Å². The van der Waals surface area contributed by atoms with Gasteiger partial charge in [0.15, 0.2) is 0 Å². The largest absolute Gasteiger partial charge is 0.308 e. The first-order chi connectivity index (χ1) is 9.65. The standard InChI is InChI=1S/C16H20ClN3/c1-11-16(17)15(20(2)19-11)10-18-14-8-7-12-5-3-4-6-13(12)9-14/h3-6,14,18H,7-10H2,1-2H3. The van der Waals surface area contributed by atoms with Gasteiger partial charge in [0.1, 0.15) is 0 Å². The number of nitrogens with one attached hydrogen (secondary N) is 1. The molecular formula is C16H20ClN3. The van der Waals surface area contributed by atoms with Crippen molar-refractivity contribution in [2.24, 2.45) is 7.05 Å². The van der Waals surface area contributed by atoms with Crippen LogP contribution in [0.25, 0.3) is 0 Å². The molecule has 1 aromatic heterocycles.